The summed E-state index contributed by atoms with van der Waals surface area (Å²) >= 11 is 12.2. The molecule has 2 unspecified atom stereocenters. The molecule has 5 heteroatoms. The molecule has 1 N–H and O–H groups in total. The molecule has 0 saturated carbocycles. The van der Waals surface area contributed by atoms with Crippen LogP contribution in [0.25, 0.3) is 0 Å². The highest BCUT2D eigenvalue weighted by Crippen LogP contribution is 2.27. The Balaban J connectivity index is 2.28. The van der Waals surface area contributed by atoms with Gasteiger partial charge < -0.3 is 4.74 Å². The minimum atomic E-state index is -0.646. The van der Waals surface area contributed by atoms with E-state index in [2.05, 4.69) is 5.32 Å². The van der Waals surface area contributed by atoms with Gasteiger partial charge >= 0.3 is 5.97 Å². The molecule has 0 aliphatic heterocycles. The molecule has 2 rings (SSSR count). The molecule has 2 aromatic carbocycles. The molecule has 116 valence electrons. The first-order chi connectivity index (χ1) is 10.5. The fourth-order valence-corrected chi connectivity index (χ4v) is 2.68. The van der Waals surface area contributed by atoms with Gasteiger partial charge in [-0.05, 0) is 36.2 Å². The summed E-state index contributed by atoms with van der Waals surface area (Å²) in [4.78, 5) is 12.1. The Kier molecular flexibility index (Phi) is 5.83. The molecule has 0 heterocycles. The summed E-state index contributed by atoms with van der Waals surface area (Å²) in [7, 11) is 1.36. The van der Waals surface area contributed by atoms with E-state index in [-0.39, 0.29) is 12.0 Å². The van der Waals surface area contributed by atoms with Crippen LogP contribution < -0.4 is 5.32 Å². The molecule has 3 nitrogen and oxygen atoms in total. The molecule has 0 fully saturated rings. The van der Waals surface area contributed by atoms with Crippen molar-refractivity contribution in [2.24, 2.45) is 0 Å². The molecule has 0 amide bonds. The number of benzene rings is 2. The Morgan fingerprint density at radius 2 is 1.86 bits per heavy atom. The Bertz CT molecular complexity index is 661. The Morgan fingerprint density at radius 3 is 2.50 bits per heavy atom. The first kappa shape index (κ1) is 16.8. The van der Waals surface area contributed by atoms with Crippen molar-refractivity contribution in [2.45, 2.75) is 19.0 Å². The zero-order chi connectivity index (χ0) is 16.1. The summed E-state index contributed by atoms with van der Waals surface area (Å²) in [5, 5.41) is 4.42. The van der Waals surface area contributed by atoms with E-state index in [1.54, 1.807) is 6.07 Å². The number of carbonyl (C=O) groups is 1. The number of nitrogens with one attached hydrogen (secondary N) is 1. The van der Waals surface area contributed by atoms with E-state index in [1.165, 1.54) is 7.11 Å². The van der Waals surface area contributed by atoms with Gasteiger partial charge in [0, 0.05) is 16.1 Å². The third kappa shape index (κ3) is 4.01. The fourth-order valence-electron chi connectivity index (χ4n) is 2.23. The van der Waals surface area contributed by atoms with Crippen molar-refractivity contribution in [1.29, 1.82) is 0 Å². The lowest BCUT2D eigenvalue weighted by Gasteiger charge is -2.23. The number of esters is 1. The highest BCUT2D eigenvalue weighted by molar-refractivity contribution is 6.31. The molecule has 0 radical (unpaired) electrons. The van der Waals surface area contributed by atoms with E-state index in [4.69, 9.17) is 27.9 Å². The number of rotatable bonds is 5. The van der Waals surface area contributed by atoms with Crippen LogP contribution in [0.4, 0.5) is 0 Å². The van der Waals surface area contributed by atoms with Gasteiger partial charge in [0.1, 0.15) is 6.04 Å². The molecule has 0 bridgehead atoms. The molecule has 0 aliphatic carbocycles. The maximum atomic E-state index is 12.1. The van der Waals surface area contributed by atoms with E-state index in [1.807, 2.05) is 49.4 Å². The fraction of sp³-hybridized carbons (Fsp3) is 0.235. The topological polar surface area (TPSA) is 38.3 Å². The zero-order valence-electron chi connectivity index (χ0n) is 12.3. The van der Waals surface area contributed by atoms with Crippen LogP contribution in [-0.2, 0) is 9.53 Å². The van der Waals surface area contributed by atoms with Crippen molar-refractivity contribution < 1.29 is 9.53 Å². The Hall–Kier alpha value is -1.55. The van der Waals surface area contributed by atoms with E-state index in [0.717, 1.165) is 5.56 Å². The van der Waals surface area contributed by atoms with E-state index >= 15 is 0 Å². The summed E-state index contributed by atoms with van der Waals surface area (Å²) in [6, 6.07) is 14.0. The summed E-state index contributed by atoms with van der Waals surface area (Å²) in [6.07, 6.45) is 0. The van der Waals surface area contributed by atoms with Crippen LogP contribution in [0, 0.1) is 0 Å². The van der Waals surface area contributed by atoms with Gasteiger partial charge in [-0.3, -0.25) is 5.32 Å². The second-order valence-electron chi connectivity index (χ2n) is 4.92. The van der Waals surface area contributed by atoms with Crippen molar-refractivity contribution in [3.05, 3.63) is 69.7 Å². The van der Waals surface area contributed by atoms with Crippen molar-refractivity contribution in [2.75, 3.05) is 7.11 Å². The highest BCUT2D eigenvalue weighted by Gasteiger charge is 2.25. The quantitative estimate of drug-likeness (QED) is 0.813. The summed E-state index contributed by atoms with van der Waals surface area (Å²) in [6.45, 7) is 1.96. The lowest BCUT2D eigenvalue weighted by molar-refractivity contribution is -0.143. The van der Waals surface area contributed by atoms with Crippen molar-refractivity contribution in [3.8, 4) is 0 Å². The van der Waals surface area contributed by atoms with Gasteiger partial charge in [-0.2, -0.15) is 0 Å². The second-order valence-corrected chi connectivity index (χ2v) is 5.76. The van der Waals surface area contributed by atoms with Crippen LogP contribution in [0.15, 0.2) is 48.5 Å². The van der Waals surface area contributed by atoms with Crippen LogP contribution in [-0.4, -0.2) is 13.1 Å². The number of ether oxygens (including phenoxy) is 1. The zero-order valence-corrected chi connectivity index (χ0v) is 13.9. The normalized spacial score (nSPS) is 13.5. The molecule has 0 spiro atoms. The minimum absolute atomic E-state index is 0.0981. The van der Waals surface area contributed by atoms with Gasteiger partial charge in [0.2, 0.25) is 0 Å². The van der Waals surface area contributed by atoms with Gasteiger partial charge in [0.05, 0.1) is 7.11 Å². The molecule has 2 aromatic rings. The monoisotopic (exact) mass is 337 g/mol. The van der Waals surface area contributed by atoms with Crippen LogP contribution in [0.2, 0.25) is 10.0 Å². The maximum Gasteiger partial charge on any atom is 0.327 e. The SMILES string of the molecule is COC(=O)C(NC(C)c1cccc(Cl)c1)c1ccccc1Cl. The molecule has 22 heavy (non-hydrogen) atoms. The smallest absolute Gasteiger partial charge is 0.327 e. The molecular weight excluding hydrogens is 321 g/mol. The van der Waals surface area contributed by atoms with Gasteiger partial charge in [-0.15, -0.1) is 0 Å². The number of halogens is 2. The van der Waals surface area contributed by atoms with E-state index in [9.17, 15) is 4.79 Å². The van der Waals surface area contributed by atoms with Gasteiger partial charge in [-0.1, -0.05) is 53.5 Å². The van der Waals surface area contributed by atoms with Gasteiger partial charge in [0.15, 0.2) is 0 Å². The number of carbonyl (C=O) groups excluding carboxylic acids is 1. The van der Waals surface area contributed by atoms with E-state index < -0.39 is 6.04 Å². The van der Waals surface area contributed by atoms with Crippen LogP contribution in [0.3, 0.4) is 0 Å². The lowest BCUT2D eigenvalue weighted by atomic mass is 10.0. The lowest BCUT2D eigenvalue weighted by Crippen LogP contribution is -2.32. The van der Waals surface area contributed by atoms with Crippen molar-refractivity contribution in [1.82, 2.24) is 5.32 Å². The van der Waals surface area contributed by atoms with Crippen molar-refractivity contribution in [3.63, 3.8) is 0 Å². The number of hydrogen-bond acceptors (Lipinski definition) is 3. The minimum Gasteiger partial charge on any atom is -0.468 e. The number of hydrogen-bond donors (Lipinski definition) is 1. The number of methoxy groups -OCH3 is 1. The average molecular weight is 338 g/mol. The highest BCUT2D eigenvalue weighted by atomic mass is 35.5. The third-order valence-corrected chi connectivity index (χ3v) is 4.00. The van der Waals surface area contributed by atoms with E-state index in [0.29, 0.717) is 15.6 Å². The Labute approximate surface area is 140 Å². The molecule has 0 aliphatic rings. The molecular formula is C17H17Cl2NO2. The average Bonchev–Trinajstić information content (AvgIpc) is 2.52. The van der Waals surface area contributed by atoms with Crippen molar-refractivity contribution >= 4 is 29.2 Å². The predicted molar refractivity (Wildman–Crippen MR) is 89.2 cm³/mol. The summed E-state index contributed by atoms with van der Waals surface area (Å²) in [5.74, 6) is -0.387. The molecule has 2 atom stereocenters. The molecule has 0 saturated heterocycles. The summed E-state index contributed by atoms with van der Waals surface area (Å²) in [5.41, 5.74) is 1.67. The standard InChI is InChI=1S/C17H17Cl2NO2/c1-11(12-6-5-7-13(18)10-12)20-16(17(21)22-2)14-8-3-4-9-15(14)19/h3-11,16,20H,1-2H3. The molecule has 0 aromatic heterocycles. The van der Waals surface area contributed by atoms with Crippen LogP contribution in [0.5, 0.6) is 0 Å². The van der Waals surface area contributed by atoms with Gasteiger partial charge in [0.25, 0.3) is 0 Å². The largest absolute Gasteiger partial charge is 0.468 e. The first-order valence-electron chi connectivity index (χ1n) is 6.86. The van der Waals surface area contributed by atoms with Crippen LogP contribution >= 0.6 is 23.2 Å². The van der Waals surface area contributed by atoms with Crippen LogP contribution in [0.1, 0.15) is 30.1 Å². The maximum absolute atomic E-state index is 12.1. The summed E-state index contributed by atoms with van der Waals surface area (Å²) < 4.78 is 4.90. The second kappa shape index (κ2) is 7.63. The third-order valence-electron chi connectivity index (χ3n) is 3.42. The Morgan fingerprint density at radius 1 is 1.14 bits per heavy atom. The van der Waals surface area contributed by atoms with Gasteiger partial charge in [-0.25, -0.2) is 4.79 Å². The predicted octanol–water partition coefficient (Wildman–Crippen LogP) is 4.56. The first-order valence-corrected chi connectivity index (χ1v) is 7.62.